The Bertz CT molecular complexity index is 509. The number of hydrogen-bond acceptors (Lipinski definition) is 6. The fourth-order valence-corrected chi connectivity index (χ4v) is 3.61. The molecule has 1 heterocycles. The van der Waals surface area contributed by atoms with Crippen LogP contribution >= 0.6 is 11.3 Å². The van der Waals surface area contributed by atoms with Gasteiger partial charge in [0.05, 0.1) is 12.3 Å². The standard InChI is InChI=1S/C8H13N3O4S2/c1-5-7(17(14,15)9-3-4-12)16-8(10-5)11-6(2)13/h9,12H,3-4H2,1-2H3,(H,10,11,13). The van der Waals surface area contributed by atoms with E-state index in [0.29, 0.717) is 5.69 Å². The highest BCUT2D eigenvalue weighted by Gasteiger charge is 2.21. The number of rotatable bonds is 5. The number of nitrogens with zero attached hydrogens (tertiary/aromatic N) is 1. The average molecular weight is 279 g/mol. The van der Waals surface area contributed by atoms with Gasteiger partial charge < -0.3 is 10.4 Å². The summed E-state index contributed by atoms with van der Waals surface area (Å²) in [4.78, 5) is 14.7. The number of carbonyl (C=O) groups is 1. The van der Waals surface area contributed by atoms with E-state index in [0.717, 1.165) is 11.3 Å². The van der Waals surface area contributed by atoms with Crippen LogP contribution in [0.3, 0.4) is 0 Å². The number of aryl methyl sites for hydroxylation is 1. The normalized spacial score (nSPS) is 11.5. The van der Waals surface area contributed by atoms with Gasteiger partial charge in [-0.25, -0.2) is 18.1 Å². The maximum Gasteiger partial charge on any atom is 0.252 e. The predicted octanol–water partition coefficient (Wildman–Crippen LogP) is -0.319. The third-order valence-corrected chi connectivity index (χ3v) is 4.83. The highest BCUT2D eigenvalue weighted by Crippen LogP contribution is 2.26. The van der Waals surface area contributed by atoms with Gasteiger partial charge in [-0.05, 0) is 6.92 Å². The summed E-state index contributed by atoms with van der Waals surface area (Å²) in [7, 11) is -3.67. The number of amides is 1. The zero-order chi connectivity index (χ0) is 13.1. The van der Waals surface area contributed by atoms with E-state index in [1.165, 1.54) is 13.8 Å². The fraction of sp³-hybridized carbons (Fsp3) is 0.500. The molecule has 1 aromatic heterocycles. The number of aliphatic hydroxyl groups is 1. The van der Waals surface area contributed by atoms with E-state index < -0.39 is 10.0 Å². The average Bonchev–Trinajstić information content (AvgIpc) is 2.56. The van der Waals surface area contributed by atoms with Gasteiger partial charge in [-0.15, -0.1) is 0 Å². The molecule has 0 radical (unpaired) electrons. The molecule has 0 atom stereocenters. The van der Waals surface area contributed by atoms with Crippen LogP contribution in [-0.2, 0) is 14.8 Å². The first kappa shape index (κ1) is 14.0. The molecular formula is C8H13N3O4S2. The van der Waals surface area contributed by atoms with Crippen molar-refractivity contribution in [3.63, 3.8) is 0 Å². The Kier molecular flexibility index (Phi) is 4.57. The highest BCUT2D eigenvalue weighted by atomic mass is 32.2. The molecule has 0 saturated carbocycles. The molecule has 7 nitrogen and oxygen atoms in total. The van der Waals surface area contributed by atoms with Gasteiger partial charge in [0.1, 0.15) is 0 Å². The molecule has 0 spiro atoms. The minimum absolute atomic E-state index is 0.0368. The Morgan fingerprint density at radius 3 is 2.71 bits per heavy atom. The number of aliphatic hydroxyl groups excluding tert-OH is 1. The van der Waals surface area contributed by atoms with Crippen LogP contribution < -0.4 is 10.0 Å². The minimum atomic E-state index is -3.67. The van der Waals surface area contributed by atoms with Crippen molar-refractivity contribution >= 4 is 32.4 Å². The maximum atomic E-state index is 11.7. The van der Waals surface area contributed by atoms with Crippen LogP contribution in [0.2, 0.25) is 0 Å². The lowest BCUT2D eigenvalue weighted by atomic mass is 10.6. The topological polar surface area (TPSA) is 108 Å². The summed E-state index contributed by atoms with van der Waals surface area (Å²) in [5.41, 5.74) is 0.309. The molecule has 1 amide bonds. The summed E-state index contributed by atoms with van der Waals surface area (Å²) in [6.45, 7) is 2.51. The van der Waals surface area contributed by atoms with E-state index in [9.17, 15) is 13.2 Å². The Hall–Kier alpha value is -1.03. The molecule has 1 rings (SSSR count). The van der Waals surface area contributed by atoms with E-state index in [1.807, 2.05) is 0 Å². The van der Waals surface area contributed by atoms with Gasteiger partial charge in [-0.3, -0.25) is 4.79 Å². The number of thiazole rings is 1. The van der Waals surface area contributed by atoms with E-state index >= 15 is 0 Å². The van der Waals surface area contributed by atoms with Gasteiger partial charge in [0.25, 0.3) is 10.0 Å². The number of anilines is 1. The molecule has 0 aliphatic heterocycles. The third-order valence-electron chi connectivity index (χ3n) is 1.68. The molecule has 1 aromatic rings. The number of hydrogen-bond donors (Lipinski definition) is 3. The zero-order valence-corrected chi connectivity index (χ0v) is 11.0. The van der Waals surface area contributed by atoms with Crippen molar-refractivity contribution < 1.29 is 18.3 Å². The van der Waals surface area contributed by atoms with Crippen molar-refractivity contribution in [1.82, 2.24) is 9.71 Å². The van der Waals surface area contributed by atoms with Crippen molar-refractivity contribution in [2.24, 2.45) is 0 Å². The van der Waals surface area contributed by atoms with Crippen LogP contribution in [0.15, 0.2) is 4.21 Å². The molecular weight excluding hydrogens is 266 g/mol. The first-order chi connectivity index (χ1) is 7.86. The lowest BCUT2D eigenvalue weighted by molar-refractivity contribution is -0.114. The molecule has 0 unspecified atom stereocenters. The molecule has 0 bridgehead atoms. The SMILES string of the molecule is CC(=O)Nc1nc(C)c(S(=O)(=O)NCCO)s1. The Morgan fingerprint density at radius 2 is 2.18 bits per heavy atom. The van der Waals surface area contributed by atoms with Gasteiger partial charge in [0.15, 0.2) is 9.34 Å². The molecule has 9 heteroatoms. The smallest absolute Gasteiger partial charge is 0.252 e. The van der Waals surface area contributed by atoms with Crippen LogP contribution in [0, 0.1) is 6.92 Å². The second-order valence-corrected chi connectivity index (χ2v) is 6.16. The fourth-order valence-electron chi connectivity index (χ4n) is 1.08. The van der Waals surface area contributed by atoms with Crippen molar-refractivity contribution in [2.45, 2.75) is 18.1 Å². The van der Waals surface area contributed by atoms with E-state index in [4.69, 9.17) is 5.11 Å². The van der Waals surface area contributed by atoms with Crippen molar-refractivity contribution in [3.8, 4) is 0 Å². The van der Waals surface area contributed by atoms with Crippen LogP contribution in [0.1, 0.15) is 12.6 Å². The molecule has 0 saturated heterocycles. The molecule has 0 fully saturated rings. The number of sulfonamides is 1. The monoisotopic (exact) mass is 279 g/mol. The van der Waals surface area contributed by atoms with Gasteiger partial charge in [-0.2, -0.15) is 0 Å². The van der Waals surface area contributed by atoms with Gasteiger partial charge >= 0.3 is 0 Å². The Morgan fingerprint density at radius 1 is 1.53 bits per heavy atom. The molecule has 17 heavy (non-hydrogen) atoms. The van der Waals surface area contributed by atoms with E-state index in [-0.39, 0.29) is 28.4 Å². The molecule has 0 aromatic carbocycles. The van der Waals surface area contributed by atoms with Crippen LogP contribution in [0.25, 0.3) is 0 Å². The van der Waals surface area contributed by atoms with Crippen molar-refractivity contribution in [3.05, 3.63) is 5.69 Å². The quantitative estimate of drug-likeness (QED) is 0.684. The molecule has 96 valence electrons. The van der Waals surface area contributed by atoms with Crippen LogP contribution in [0.4, 0.5) is 5.13 Å². The van der Waals surface area contributed by atoms with E-state index in [2.05, 4.69) is 15.0 Å². The first-order valence-corrected chi connectivity index (χ1v) is 7.02. The molecule has 3 N–H and O–H groups in total. The number of nitrogens with one attached hydrogen (secondary N) is 2. The summed E-state index contributed by atoms with van der Waals surface area (Å²) >= 11 is 0.870. The Balaban J connectivity index is 2.98. The van der Waals surface area contributed by atoms with Crippen LogP contribution in [-0.4, -0.2) is 37.6 Å². The second kappa shape index (κ2) is 5.54. The van der Waals surface area contributed by atoms with Crippen molar-refractivity contribution in [1.29, 1.82) is 0 Å². The van der Waals surface area contributed by atoms with Gasteiger partial charge in [0, 0.05) is 13.5 Å². The van der Waals surface area contributed by atoms with Crippen LogP contribution in [0.5, 0.6) is 0 Å². The van der Waals surface area contributed by atoms with Crippen molar-refractivity contribution in [2.75, 3.05) is 18.5 Å². The maximum absolute atomic E-state index is 11.7. The largest absolute Gasteiger partial charge is 0.395 e. The number of aromatic nitrogens is 1. The predicted molar refractivity (Wildman–Crippen MR) is 63.4 cm³/mol. The summed E-state index contributed by atoms with van der Waals surface area (Å²) in [5, 5.41) is 11.2. The van der Waals surface area contributed by atoms with Gasteiger partial charge in [0.2, 0.25) is 5.91 Å². The lowest BCUT2D eigenvalue weighted by Gasteiger charge is -2.02. The third kappa shape index (κ3) is 3.73. The Labute approximate surface area is 103 Å². The van der Waals surface area contributed by atoms with Gasteiger partial charge in [-0.1, -0.05) is 11.3 Å². The van der Waals surface area contributed by atoms with E-state index in [1.54, 1.807) is 0 Å². The molecule has 0 aliphatic carbocycles. The second-order valence-electron chi connectivity index (χ2n) is 3.19. The lowest BCUT2D eigenvalue weighted by Crippen LogP contribution is -2.26. The number of carbonyl (C=O) groups excluding carboxylic acids is 1. The summed E-state index contributed by atoms with van der Waals surface area (Å²) < 4.78 is 25.7. The minimum Gasteiger partial charge on any atom is -0.395 e. The highest BCUT2D eigenvalue weighted by molar-refractivity contribution is 7.91. The first-order valence-electron chi connectivity index (χ1n) is 4.72. The molecule has 0 aliphatic rings. The summed E-state index contributed by atoms with van der Waals surface area (Å²) in [6.07, 6.45) is 0. The summed E-state index contributed by atoms with van der Waals surface area (Å²) in [5.74, 6) is -0.314. The zero-order valence-electron chi connectivity index (χ0n) is 9.35. The summed E-state index contributed by atoms with van der Waals surface area (Å²) in [6, 6.07) is 0.